The summed E-state index contributed by atoms with van der Waals surface area (Å²) >= 11 is 0. The van der Waals surface area contributed by atoms with Crippen molar-refractivity contribution in [2.24, 2.45) is 0 Å². The van der Waals surface area contributed by atoms with E-state index in [4.69, 9.17) is 14.2 Å². The Bertz CT molecular complexity index is 1210. The van der Waals surface area contributed by atoms with Gasteiger partial charge < -0.3 is 24.4 Å². The van der Waals surface area contributed by atoms with E-state index in [-0.39, 0.29) is 17.9 Å². The number of ether oxygens (including phenoxy) is 3. The molecule has 0 fully saturated rings. The Balaban J connectivity index is 1.37. The standard InChI is InChI=1S/C28H31N3O4/c1-4-12-31(21-10-8-18(2)29-15-21)25-7-5-6-23-24(17-35-28(23)25)30-20-9-11-22-19(13-27(32)33-3)16-34-26(22)14-20/h5-11,14-15,19,24,30H,4,12-13,16-17H2,1-3H3/t19-,24-/m1/s1. The number of carbonyl (C=O) groups is 1. The number of para-hydroxylation sites is 1. The molecule has 2 aliphatic heterocycles. The Morgan fingerprint density at radius 3 is 2.80 bits per heavy atom. The largest absolute Gasteiger partial charge is 0.493 e. The summed E-state index contributed by atoms with van der Waals surface area (Å²) in [6.07, 6.45) is 3.26. The molecule has 2 atom stereocenters. The van der Waals surface area contributed by atoms with E-state index >= 15 is 0 Å². The fourth-order valence-electron chi connectivity index (χ4n) is 4.82. The van der Waals surface area contributed by atoms with Crippen LogP contribution in [0.4, 0.5) is 17.1 Å². The molecule has 0 radical (unpaired) electrons. The van der Waals surface area contributed by atoms with Crippen molar-refractivity contribution in [2.75, 3.05) is 37.1 Å². The number of hydrogen-bond donors (Lipinski definition) is 1. The minimum atomic E-state index is -0.220. The summed E-state index contributed by atoms with van der Waals surface area (Å²) in [4.78, 5) is 18.5. The van der Waals surface area contributed by atoms with Gasteiger partial charge in [0.1, 0.15) is 18.1 Å². The third-order valence-corrected chi connectivity index (χ3v) is 6.61. The van der Waals surface area contributed by atoms with Gasteiger partial charge in [0.15, 0.2) is 0 Å². The van der Waals surface area contributed by atoms with Crippen LogP contribution in [-0.4, -0.2) is 37.8 Å². The lowest BCUT2D eigenvalue weighted by Crippen LogP contribution is -2.18. The minimum Gasteiger partial charge on any atom is -0.493 e. The Morgan fingerprint density at radius 2 is 2.03 bits per heavy atom. The molecule has 0 unspecified atom stereocenters. The summed E-state index contributed by atoms with van der Waals surface area (Å²) in [5.74, 6) is 1.54. The molecular formula is C28H31N3O4. The molecule has 182 valence electrons. The molecule has 35 heavy (non-hydrogen) atoms. The number of esters is 1. The fraction of sp³-hybridized carbons (Fsp3) is 0.357. The number of hydrogen-bond acceptors (Lipinski definition) is 7. The molecule has 2 aromatic carbocycles. The van der Waals surface area contributed by atoms with E-state index in [1.165, 1.54) is 7.11 Å². The summed E-state index contributed by atoms with van der Waals surface area (Å²) in [6, 6.07) is 16.6. The number of anilines is 3. The molecule has 0 spiro atoms. The molecule has 7 heteroatoms. The third kappa shape index (κ3) is 4.63. The highest BCUT2D eigenvalue weighted by Gasteiger charge is 2.30. The van der Waals surface area contributed by atoms with Crippen LogP contribution in [0, 0.1) is 6.92 Å². The molecule has 3 aromatic rings. The van der Waals surface area contributed by atoms with Crippen molar-refractivity contribution in [1.82, 2.24) is 4.98 Å². The number of nitrogens with one attached hydrogen (secondary N) is 1. The number of pyridine rings is 1. The molecule has 0 amide bonds. The van der Waals surface area contributed by atoms with Crippen molar-refractivity contribution >= 4 is 23.0 Å². The van der Waals surface area contributed by atoms with Gasteiger partial charge in [-0.3, -0.25) is 9.78 Å². The summed E-state index contributed by atoms with van der Waals surface area (Å²) in [5, 5.41) is 3.61. The lowest BCUT2D eigenvalue weighted by Gasteiger charge is -2.26. The molecule has 5 rings (SSSR count). The molecule has 0 saturated heterocycles. The lowest BCUT2D eigenvalue weighted by molar-refractivity contribution is -0.141. The van der Waals surface area contributed by atoms with Crippen LogP contribution in [0.25, 0.3) is 0 Å². The quantitative estimate of drug-likeness (QED) is 0.432. The molecule has 0 bridgehead atoms. The first-order valence-electron chi connectivity index (χ1n) is 12.1. The highest BCUT2D eigenvalue weighted by Crippen LogP contribution is 2.45. The van der Waals surface area contributed by atoms with Crippen molar-refractivity contribution < 1.29 is 19.0 Å². The van der Waals surface area contributed by atoms with Gasteiger partial charge in [-0.05, 0) is 37.6 Å². The lowest BCUT2D eigenvalue weighted by atomic mass is 9.97. The Hall–Kier alpha value is -3.74. The second-order valence-corrected chi connectivity index (χ2v) is 9.05. The molecule has 0 aliphatic carbocycles. The third-order valence-electron chi connectivity index (χ3n) is 6.61. The van der Waals surface area contributed by atoms with Crippen LogP contribution in [0.15, 0.2) is 54.7 Å². The van der Waals surface area contributed by atoms with Crippen LogP contribution in [-0.2, 0) is 9.53 Å². The van der Waals surface area contributed by atoms with Crippen molar-refractivity contribution in [1.29, 1.82) is 0 Å². The van der Waals surface area contributed by atoms with E-state index in [9.17, 15) is 4.79 Å². The summed E-state index contributed by atoms with van der Waals surface area (Å²) < 4.78 is 16.9. The van der Waals surface area contributed by atoms with E-state index in [2.05, 4.69) is 46.4 Å². The van der Waals surface area contributed by atoms with Crippen LogP contribution < -0.4 is 19.7 Å². The zero-order valence-corrected chi connectivity index (χ0v) is 20.4. The van der Waals surface area contributed by atoms with Crippen molar-refractivity contribution in [2.45, 2.75) is 38.6 Å². The normalized spacial score (nSPS) is 17.7. The highest BCUT2D eigenvalue weighted by molar-refractivity contribution is 5.73. The Labute approximate surface area is 206 Å². The topological polar surface area (TPSA) is 72.9 Å². The molecular weight excluding hydrogens is 442 g/mol. The Kier molecular flexibility index (Phi) is 6.49. The summed E-state index contributed by atoms with van der Waals surface area (Å²) in [6.45, 7) is 6.08. The van der Waals surface area contributed by atoms with Gasteiger partial charge in [-0.1, -0.05) is 25.1 Å². The molecule has 7 nitrogen and oxygen atoms in total. The van der Waals surface area contributed by atoms with Gasteiger partial charge >= 0.3 is 5.97 Å². The van der Waals surface area contributed by atoms with Crippen LogP contribution >= 0.6 is 0 Å². The second-order valence-electron chi connectivity index (χ2n) is 9.05. The van der Waals surface area contributed by atoms with Crippen molar-refractivity contribution in [3.8, 4) is 11.5 Å². The van der Waals surface area contributed by atoms with Crippen LogP contribution in [0.2, 0.25) is 0 Å². The van der Waals surface area contributed by atoms with Crippen LogP contribution in [0.3, 0.4) is 0 Å². The number of aryl methyl sites for hydroxylation is 1. The predicted molar refractivity (Wildman–Crippen MR) is 136 cm³/mol. The maximum absolute atomic E-state index is 11.7. The van der Waals surface area contributed by atoms with E-state index < -0.39 is 0 Å². The average Bonchev–Trinajstić information content (AvgIpc) is 3.47. The predicted octanol–water partition coefficient (Wildman–Crippen LogP) is 5.52. The molecule has 3 heterocycles. The van der Waals surface area contributed by atoms with Crippen LogP contribution in [0.5, 0.6) is 11.5 Å². The van der Waals surface area contributed by atoms with Gasteiger partial charge in [0.05, 0.1) is 43.8 Å². The summed E-state index contributed by atoms with van der Waals surface area (Å²) in [5.41, 5.74) is 6.26. The second kappa shape index (κ2) is 9.86. The monoisotopic (exact) mass is 473 g/mol. The molecule has 0 saturated carbocycles. The SMILES string of the molecule is CCCN(c1ccc(C)nc1)c1cccc2c1OC[C@H]2Nc1ccc2c(c1)OC[C@H]2CC(=O)OC. The number of methoxy groups -OCH3 is 1. The number of carbonyl (C=O) groups excluding carboxylic acids is 1. The van der Waals surface area contributed by atoms with E-state index in [1.807, 2.05) is 37.4 Å². The number of fused-ring (bicyclic) bond motifs is 2. The number of rotatable bonds is 8. The van der Waals surface area contributed by atoms with Gasteiger partial charge in [0, 0.05) is 41.0 Å². The highest BCUT2D eigenvalue weighted by atomic mass is 16.5. The van der Waals surface area contributed by atoms with Gasteiger partial charge in [0.2, 0.25) is 0 Å². The number of nitrogens with zero attached hydrogens (tertiary/aromatic N) is 2. The fourth-order valence-corrected chi connectivity index (χ4v) is 4.82. The maximum Gasteiger partial charge on any atom is 0.306 e. The average molecular weight is 474 g/mol. The van der Waals surface area contributed by atoms with Crippen LogP contribution in [0.1, 0.15) is 48.5 Å². The smallest absolute Gasteiger partial charge is 0.306 e. The number of aromatic nitrogens is 1. The zero-order valence-electron chi connectivity index (χ0n) is 20.4. The summed E-state index contributed by atoms with van der Waals surface area (Å²) in [7, 11) is 1.41. The molecule has 1 aromatic heterocycles. The van der Waals surface area contributed by atoms with Crippen molar-refractivity contribution in [3.63, 3.8) is 0 Å². The van der Waals surface area contributed by atoms with Gasteiger partial charge in [-0.25, -0.2) is 0 Å². The maximum atomic E-state index is 11.7. The minimum absolute atomic E-state index is 0.0230. The molecule has 2 aliphatic rings. The Morgan fingerprint density at radius 1 is 1.14 bits per heavy atom. The van der Waals surface area contributed by atoms with E-state index in [0.29, 0.717) is 19.6 Å². The van der Waals surface area contributed by atoms with E-state index in [0.717, 1.165) is 58.3 Å². The van der Waals surface area contributed by atoms with Gasteiger partial charge in [-0.2, -0.15) is 0 Å². The van der Waals surface area contributed by atoms with Gasteiger partial charge in [0.25, 0.3) is 0 Å². The first-order chi connectivity index (χ1) is 17.1. The van der Waals surface area contributed by atoms with Crippen molar-refractivity contribution in [3.05, 3.63) is 71.5 Å². The zero-order chi connectivity index (χ0) is 24.4. The first-order valence-corrected chi connectivity index (χ1v) is 12.1. The van der Waals surface area contributed by atoms with Gasteiger partial charge in [-0.15, -0.1) is 0 Å². The van der Waals surface area contributed by atoms with E-state index in [1.54, 1.807) is 0 Å². The first kappa shape index (κ1) is 23.0. The number of benzene rings is 2. The molecule has 1 N–H and O–H groups in total.